The van der Waals surface area contributed by atoms with Gasteiger partial charge in [-0.15, -0.1) is 0 Å². The Morgan fingerprint density at radius 1 is 1.45 bits per heavy atom. The summed E-state index contributed by atoms with van der Waals surface area (Å²) in [7, 11) is 0. The molecule has 0 aliphatic rings. The predicted molar refractivity (Wildman–Crippen MR) is 37.5 cm³/mol. The van der Waals surface area contributed by atoms with Crippen LogP contribution >= 0.6 is 0 Å². The van der Waals surface area contributed by atoms with Crippen LogP contribution in [0.1, 0.15) is 19.8 Å². The normalized spacial score (nSPS) is 8.82. The monoisotopic (exact) mass is 159 g/mol. The molecular weight excluding hydrogens is 148 g/mol. The van der Waals surface area contributed by atoms with Crippen molar-refractivity contribution < 1.29 is 19.1 Å². The van der Waals surface area contributed by atoms with Crippen LogP contribution in [0, 0.1) is 0 Å². The zero-order valence-electron chi connectivity index (χ0n) is 6.46. The van der Waals surface area contributed by atoms with E-state index < -0.39 is 0 Å². The Balaban J connectivity index is 3.01. The molecule has 0 atom stereocenters. The minimum Gasteiger partial charge on any atom is -0.466 e. The van der Waals surface area contributed by atoms with Crippen LogP contribution in [0.3, 0.4) is 0 Å². The van der Waals surface area contributed by atoms with Crippen molar-refractivity contribution in [2.45, 2.75) is 19.8 Å². The second-order valence-corrected chi connectivity index (χ2v) is 1.86. The predicted octanol–water partition coefficient (Wildman–Crippen LogP) is 0.413. The molecule has 0 N–H and O–H groups in total. The highest BCUT2D eigenvalue weighted by atomic mass is 16.5. The number of rotatable bonds is 6. The van der Waals surface area contributed by atoms with E-state index in [9.17, 15) is 9.59 Å². The fourth-order valence-electron chi connectivity index (χ4n) is 0.461. The number of esters is 1. The molecule has 0 aliphatic carbocycles. The van der Waals surface area contributed by atoms with Gasteiger partial charge in [0, 0.05) is 12.8 Å². The first-order valence-corrected chi connectivity index (χ1v) is 3.45. The second-order valence-electron chi connectivity index (χ2n) is 1.86. The van der Waals surface area contributed by atoms with Crippen LogP contribution < -0.4 is 0 Å². The van der Waals surface area contributed by atoms with Crippen LogP contribution in [0.25, 0.3) is 0 Å². The lowest BCUT2D eigenvalue weighted by Crippen LogP contribution is -2.06. The number of hydrogen-bond donors (Lipinski definition) is 0. The van der Waals surface area contributed by atoms with Crippen LogP contribution in [-0.2, 0) is 19.1 Å². The molecule has 0 bridgehead atoms. The first-order chi connectivity index (χ1) is 5.31. The standard InChI is InChI=1S/C7H11O4/c1-2-7(9)11-5-3-4-10-6-8/h2-5H2,1H3. The Kier molecular flexibility index (Phi) is 6.37. The third kappa shape index (κ3) is 6.83. The zero-order chi connectivity index (χ0) is 8.53. The van der Waals surface area contributed by atoms with Gasteiger partial charge in [0.05, 0.1) is 13.2 Å². The summed E-state index contributed by atoms with van der Waals surface area (Å²) in [5.74, 6) is -0.236. The van der Waals surface area contributed by atoms with Gasteiger partial charge in [-0.2, -0.15) is 0 Å². The van der Waals surface area contributed by atoms with Crippen LogP contribution in [0.2, 0.25) is 0 Å². The molecule has 0 saturated heterocycles. The van der Waals surface area contributed by atoms with Gasteiger partial charge < -0.3 is 9.47 Å². The molecule has 63 valence electrons. The van der Waals surface area contributed by atoms with E-state index >= 15 is 0 Å². The number of ether oxygens (including phenoxy) is 2. The molecule has 0 fully saturated rings. The number of hydrogen-bond acceptors (Lipinski definition) is 4. The Morgan fingerprint density at radius 2 is 2.18 bits per heavy atom. The van der Waals surface area contributed by atoms with E-state index in [0.717, 1.165) is 0 Å². The van der Waals surface area contributed by atoms with Gasteiger partial charge in [0.2, 0.25) is 0 Å². The van der Waals surface area contributed by atoms with Gasteiger partial charge in [0.25, 0.3) is 0 Å². The molecule has 1 radical (unpaired) electrons. The Hall–Kier alpha value is -1.06. The average Bonchev–Trinajstić information content (AvgIpc) is 2.04. The third-order valence-corrected chi connectivity index (χ3v) is 1.00. The summed E-state index contributed by atoms with van der Waals surface area (Å²) in [6.07, 6.45) is 0.904. The number of carbonyl (C=O) groups is 1. The summed E-state index contributed by atoms with van der Waals surface area (Å²) in [6, 6.07) is 0. The molecule has 0 aromatic heterocycles. The highest BCUT2D eigenvalue weighted by molar-refractivity contribution is 5.68. The van der Waals surface area contributed by atoms with E-state index in [4.69, 9.17) is 0 Å². The summed E-state index contributed by atoms with van der Waals surface area (Å²) in [5.41, 5.74) is 0. The fourth-order valence-corrected chi connectivity index (χ4v) is 0.461. The molecule has 0 aliphatic heterocycles. The van der Waals surface area contributed by atoms with Gasteiger partial charge in [0.1, 0.15) is 0 Å². The molecule has 0 saturated carbocycles. The molecule has 0 aromatic carbocycles. The van der Waals surface area contributed by atoms with Crippen LogP contribution in [0.15, 0.2) is 0 Å². The molecule has 4 nitrogen and oxygen atoms in total. The molecule has 4 heteroatoms. The maximum absolute atomic E-state index is 10.5. The molecular formula is C7H11O4. The first kappa shape index (κ1) is 9.94. The molecule has 0 aromatic rings. The summed E-state index contributed by atoms with van der Waals surface area (Å²) >= 11 is 0. The second kappa shape index (κ2) is 7.05. The van der Waals surface area contributed by atoms with Crippen molar-refractivity contribution in [3.8, 4) is 0 Å². The van der Waals surface area contributed by atoms with E-state index in [2.05, 4.69) is 9.47 Å². The summed E-state index contributed by atoms with van der Waals surface area (Å²) in [5, 5.41) is 0. The molecule has 0 amide bonds. The minimum atomic E-state index is -0.236. The Labute approximate surface area is 65.5 Å². The molecule has 0 spiro atoms. The van der Waals surface area contributed by atoms with E-state index in [0.29, 0.717) is 19.4 Å². The topological polar surface area (TPSA) is 52.6 Å². The molecule has 0 rings (SSSR count). The van der Waals surface area contributed by atoms with E-state index in [1.807, 2.05) is 0 Å². The lowest BCUT2D eigenvalue weighted by Gasteiger charge is -2.00. The quantitative estimate of drug-likeness (QED) is 0.416. The lowest BCUT2D eigenvalue weighted by molar-refractivity contribution is -0.143. The summed E-state index contributed by atoms with van der Waals surface area (Å²) in [6.45, 7) is 3.55. The molecule has 0 heterocycles. The van der Waals surface area contributed by atoms with E-state index in [1.54, 1.807) is 6.92 Å². The van der Waals surface area contributed by atoms with Crippen molar-refractivity contribution in [1.29, 1.82) is 0 Å². The maximum Gasteiger partial charge on any atom is 0.417 e. The van der Waals surface area contributed by atoms with Gasteiger partial charge in [-0.25, -0.2) is 4.79 Å². The van der Waals surface area contributed by atoms with Crippen molar-refractivity contribution in [2.75, 3.05) is 13.2 Å². The van der Waals surface area contributed by atoms with Crippen LogP contribution in [0.5, 0.6) is 0 Å². The smallest absolute Gasteiger partial charge is 0.417 e. The largest absolute Gasteiger partial charge is 0.466 e. The average molecular weight is 159 g/mol. The highest BCUT2D eigenvalue weighted by Gasteiger charge is 1.96. The van der Waals surface area contributed by atoms with Gasteiger partial charge in [-0.05, 0) is 0 Å². The van der Waals surface area contributed by atoms with Gasteiger partial charge >= 0.3 is 12.4 Å². The van der Waals surface area contributed by atoms with E-state index in [-0.39, 0.29) is 12.6 Å². The van der Waals surface area contributed by atoms with E-state index in [1.165, 1.54) is 6.47 Å². The maximum atomic E-state index is 10.5. The van der Waals surface area contributed by atoms with Gasteiger partial charge in [0.15, 0.2) is 0 Å². The van der Waals surface area contributed by atoms with Gasteiger partial charge in [-0.3, -0.25) is 4.79 Å². The van der Waals surface area contributed by atoms with Crippen molar-refractivity contribution in [3.05, 3.63) is 0 Å². The Morgan fingerprint density at radius 3 is 2.73 bits per heavy atom. The fraction of sp³-hybridized carbons (Fsp3) is 0.714. The zero-order valence-corrected chi connectivity index (χ0v) is 6.46. The summed E-state index contributed by atoms with van der Waals surface area (Å²) < 4.78 is 8.94. The van der Waals surface area contributed by atoms with Crippen LogP contribution in [-0.4, -0.2) is 25.7 Å². The van der Waals surface area contributed by atoms with Crippen molar-refractivity contribution in [2.24, 2.45) is 0 Å². The SMILES string of the molecule is CCC(=O)OCCCO[C]=O. The first-order valence-electron chi connectivity index (χ1n) is 3.45. The summed E-state index contributed by atoms with van der Waals surface area (Å²) in [4.78, 5) is 20.0. The van der Waals surface area contributed by atoms with Crippen molar-refractivity contribution in [1.82, 2.24) is 0 Å². The van der Waals surface area contributed by atoms with Gasteiger partial charge in [-0.1, -0.05) is 6.92 Å². The van der Waals surface area contributed by atoms with Crippen molar-refractivity contribution in [3.63, 3.8) is 0 Å². The van der Waals surface area contributed by atoms with Crippen LogP contribution in [0.4, 0.5) is 0 Å². The molecule has 11 heavy (non-hydrogen) atoms. The highest BCUT2D eigenvalue weighted by Crippen LogP contribution is 1.87. The molecule has 0 unspecified atom stereocenters. The Bertz CT molecular complexity index is 122. The van der Waals surface area contributed by atoms with Crippen molar-refractivity contribution >= 4 is 12.4 Å². The lowest BCUT2D eigenvalue weighted by atomic mass is 10.5. The number of carbonyl (C=O) groups excluding carboxylic acids is 2. The third-order valence-electron chi connectivity index (χ3n) is 1.00. The minimum absolute atomic E-state index is 0.236.